The van der Waals surface area contributed by atoms with Gasteiger partial charge < -0.3 is 10.6 Å². The summed E-state index contributed by atoms with van der Waals surface area (Å²) in [5.74, 6) is -0.294. The number of rotatable bonds is 6. The van der Waals surface area contributed by atoms with E-state index >= 15 is 0 Å². The monoisotopic (exact) mass is 229 g/mol. The van der Waals surface area contributed by atoms with Gasteiger partial charge >= 0.3 is 6.03 Å². The molecule has 1 atom stereocenters. The molecule has 0 aromatic carbocycles. The lowest BCUT2D eigenvalue weighted by Crippen LogP contribution is -2.50. The van der Waals surface area contributed by atoms with Crippen molar-refractivity contribution in [3.05, 3.63) is 0 Å². The summed E-state index contributed by atoms with van der Waals surface area (Å²) in [5, 5.41) is 7.97. The fourth-order valence-corrected chi connectivity index (χ4v) is 1.38. The molecule has 5 heteroatoms. The van der Waals surface area contributed by atoms with Gasteiger partial charge in [0.25, 0.3) is 0 Å². The van der Waals surface area contributed by atoms with Crippen LogP contribution in [0.15, 0.2) is 0 Å². The van der Waals surface area contributed by atoms with Crippen molar-refractivity contribution in [1.29, 1.82) is 0 Å². The Balaban J connectivity index is 4.02. The molecule has 0 aliphatic carbocycles. The molecule has 3 amide bonds. The van der Waals surface area contributed by atoms with E-state index in [1.165, 1.54) is 0 Å². The highest BCUT2D eigenvalue weighted by Gasteiger charge is 2.17. The maximum atomic E-state index is 11.6. The first-order chi connectivity index (χ1) is 7.54. The average molecular weight is 229 g/mol. The van der Waals surface area contributed by atoms with Crippen molar-refractivity contribution in [2.24, 2.45) is 0 Å². The zero-order valence-electron chi connectivity index (χ0n) is 10.6. The molecule has 0 aromatic heterocycles. The molecule has 3 N–H and O–H groups in total. The lowest BCUT2D eigenvalue weighted by Gasteiger charge is -2.20. The predicted molar refractivity (Wildman–Crippen MR) is 64.2 cm³/mol. The van der Waals surface area contributed by atoms with Crippen molar-refractivity contribution in [2.45, 2.75) is 52.6 Å². The standard InChI is InChI=1S/C11H23N3O2/c1-5-9(6-2)13-8(4)10(15)14-11(16)12-7-3/h8-9,13H,5-7H2,1-4H3,(H2,12,14,15,16). The van der Waals surface area contributed by atoms with Crippen molar-refractivity contribution in [3.8, 4) is 0 Å². The number of amides is 3. The van der Waals surface area contributed by atoms with Crippen molar-refractivity contribution >= 4 is 11.9 Å². The maximum Gasteiger partial charge on any atom is 0.321 e. The molecule has 94 valence electrons. The highest BCUT2D eigenvalue weighted by Crippen LogP contribution is 1.98. The summed E-state index contributed by atoms with van der Waals surface area (Å²) in [7, 11) is 0. The lowest BCUT2D eigenvalue weighted by molar-refractivity contribution is -0.121. The van der Waals surface area contributed by atoms with Gasteiger partial charge in [0, 0.05) is 12.6 Å². The Labute approximate surface area is 97.4 Å². The van der Waals surface area contributed by atoms with E-state index in [-0.39, 0.29) is 11.9 Å². The van der Waals surface area contributed by atoms with Gasteiger partial charge in [-0.25, -0.2) is 4.79 Å². The van der Waals surface area contributed by atoms with Gasteiger partial charge in [-0.15, -0.1) is 0 Å². The largest absolute Gasteiger partial charge is 0.338 e. The zero-order chi connectivity index (χ0) is 12.6. The minimum absolute atomic E-state index is 0.294. The lowest BCUT2D eigenvalue weighted by atomic mass is 10.1. The molecule has 0 aliphatic heterocycles. The van der Waals surface area contributed by atoms with E-state index in [0.29, 0.717) is 12.6 Å². The van der Waals surface area contributed by atoms with Gasteiger partial charge in [-0.2, -0.15) is 0 Å². The molecule has 0 radical (unpaired) electrons. The van der Waals surface area contributed by atoms with E-state index in [4.69, 9.17) is 0 Å². The summed E-state index contributed by atoms with van der Waals surface area (Å²) in [4.78, 5) is 22.7. The highest BCUT2D eigenvalue weighted by atomic mass is 16.2. The van der Waals surface area contributed by atoms with E-state index in [0.717, 1.165) is 12.8 Å². The number of urea groups is 1. The second-order valence-corrected chi connectivity index (χ2v) is 3.75. The van der Waals surface area contributed by atoms with Crippen molar-refractivity contribution in [3.63, 3.8) is 0 Å². The van der Waals surface area contributed by atoms with Crippen molar-refractivity contribution in [1.82, 2.24) is 16.0 Å². The first-order valence-electron chi connectivity index (χ1n) is 5.89. The second-order valence-electron chi connectivity index (χ2n) is 3.75. The van der Waals surface area contributed by atoms with Crippen LogP contribution in [0.25, 0.3) is 0 Å². The summed E-state index contributed by atoms with van der Waals surface area (Å²) >= 11 is 0. The maximum absolute atomic E-state index is 11.6. The molecular formula is C11H23N3O2. The molecule has 0 heterocycles. The van der Waals surface area contributed by atoms with Crippen LogP contribution in [0.1, 0.15) is 40.5 Å². The fourth-order valence-electron chi connectivity index (χ4n) is 1.38. The number of hydrogen-bond acceptors (Lipinski definition) is 3. The molecule has 0 saturated heterocycles. The first-order valence-corrected chi connectivity index (χ1v) is 5.89. The molecule has 0 bridgehead atoms. The molecule has 0 aliphatic rings. The van der Waals surface area contributed by atoms with Gasteiger partial charge in [0.2, 0.25) is 5.91 Å². The van der Waals surface area contributed by atoms with Crippen LogP contribution in [-0.2, 0) is 4.79 Å². The quantitative estimate of drug-likeness (QED) is 0.636. The first kappa shape index (κ1) is 14.9. The van der Waals surface area contributed by atoms with E-state index in [9.17, 15) is 9.59 Å². The summed E-state index contributed by atoms with van der Waals surface area (Å²) < 4.78 is 0. The number of nitrogens with one attached hydrogen (secondary N) is 3. The number of hydrogen-bond donors (Lipinski definition) is 3. The van der Waals surface area contributed by atoms with Crippen LogP contribution in [0, 0.1) is 0 Å². The van der Waals surface area contributed by atoms with Crippen LogP contribution in [0.3, 0.4) is 0 Å². The summed E-state index contributed by atoms with van der Waals surface area (Å²) in [6, 6.07) is -0.479. The molecule has 5 nitrogen and oxygen atoms in total. The smallest absolute Gasteiger partial charge is 0.321 e. The molecule has 1 unspecified atom stereocenters. The van der Waals surface area contributed by atoms with Crippen LogP contribution >= 0.6 is 0 Å². The normalized spacial score (nSPS) is 12.3. The molecular weight excluding hydrogens is 206 g/mol. The van der Waals surface area contributed by atoms with Gasteiger partial charge in [0.1, 0.15) is 0 Å². The Morgan fingerprint density at radius 2 is 1.69 bits per heavy atom. The zero-order valence-corrected chi connectivity index (χ0v) is 10.6. The molecule has 0 spiro atoms. The van der Waals surface area contributed by atoms with Crippen LogP contribution in [0.2, 0.25) is 0 Å². The Morgan fingerprint density at radius 3 is 2.12 bits per heavy atom. The summed E-state index contributed by atoms with van der Waals surface area (Å²) in [6.07, 6.45) is 1.94. The van der Waals surface area contributed by atoms with Crippen LogP contribution in [0.4, 0.5) is 4.79 Å². The third kappa shape index (κ3) is 5.70. The van der Waals surface area contributed by atoms with Crippen LogP contribution in [0.5, 0.6) is 0 Å². The van der Waals surface area contributed by atoms with Crippen LogP contribution < -0.4 is 16.0 Å². The highest BCUT2D eigenvalue weighted by molar-refractivity contribution is 5.96. The van der Waals surface area contributed by atoms with Gasteiger partial charge in [0.15, 0.2) is 0 Å². The van der Waals surface area contributed by atoms with Gasteiger partial charge in [-0.3, -0.25) is 10.1 Å². The van der Waals surface area contributed by atoms with E-state index in [1.807, 2.05) is 0 Å². The molecule has 16 heavy (non-hydrogen) atoms. The summed E-state index contributed by atoms with van der Waals surface area (Å²) in [5.41, 5.74) is 0. The van der Waals surface area contributed by atoms with Gasteiger partial charge in [-0.1, -0.05) is 13.8 Å². The van der Waals surface area contributed by atoms with Crippen molar-refractivity contribution in [2.75, 3.05) is 6.54 Å². The number of imide groups is 1. The van der Waals surface area contributed by atoms with Crippen LogP contribution in [-0.4, -0.2) is 30.6 Å². The number of carbonyl (C=O) groups excluding carboxylic acids is 2. The summed E-state index contributed by atoms with van der Waals surface area (Å²) in [6.45, 7) is 8.20. The average Bonchev–Trinajstić information content (AvgIpc) is 2.25. The molecule has 0 rings (SSSR count). The fraction of sp³-hybridized carbons (Fsp3) is 0.818. The molecule has 0 aromatic rings. The number of carbonyl (C=O) groups is 2. The predicted octanol–water partition coefficient (Wildman–Crippen LogP) is 0.999. The molecule has 0 saturated carbocycles. The molecule has 0 fully saturated rings. The van der Waals surface area contributed by atoms with Crippen molar-refractivity contribution < 1.29 is 9.59 Å². The Hall–Kier alpha value is -1.10. The van der Waals surface area contributed by atoms with E-state index in [2.05, 4.69) is 29.8 Å². The Morgan fingerprint density at radius 1 is 1.12 bits per heavy atom. The van der Waals surface area contributed by atoms with Gasteiger partial charge in [-0.05, 0) is 26.7 Å². The Bertz CT molecular complexity index is 227. The third-order valence-corrected chi connectivity index (χ3v) is 2.44. The van der Waals surface area contributed by atoms with E-state index in [1.54, 1.807) is 13.8 Å². The minimum Gasteiger partial charge on any atom is -0.338 e. The van der Waals surface area contributed by atoms with Gasteiger partial charge in [0.05, 0.1) is 6.04 Å². The Kier molecular flexibility index (Phi) is 7.54. The third-order valence-electron chi connectivity index (χ3n) is 2.44. The minimum atomic E-state index is -0.439. The SMILES string of the molecule is CCNC(=O)NC(=O)C(C)NC(CC)CC. The topological polar surface area (TPSA) is 70.2 Å². The van der Waals surface area contributed by atoms with E-state index < -0.39 is 6.03 Å². The second kappa shape index (κ2) is 8.10.